The molecule has 1 aromatic heterocycles. The fraction of sp³-hybridized carbons (Fsp3) is 0.304. The van der Waals surface area contributed by atoms with E-state index in [1.54, 1.807) is 48.5 Å². The molecule has 4 rings (SSSR count). The van der Waals surface area contributed by atoms with E-state index in [-0.39, 0.29) is 23.8 Å². The summed E-state index contributed by atoms with van der Waals surface area (Å²) in [6.07, 6.45) is 2.18. The summed E-state index contributed by atoms with van der Waals surface area (Å²) in [5, 5.41) is 3.88. The van der Waals surface area contributed by atoms with Gasteiger partial charge in [0.2, 0.25) is 17.2 Å². The fourth-order valence-corrected chi connectivity index (χ4v) is 3.82. The van der Waals surface area contributed by atoms with E-state index in [4.69, 9.17) is 16.0 Å². The number of para-hydroxylation sites is 1. The molecule has 29 heavy (non-hydrogen) atoms. The van der Waals surface area contributed by atoms with E-state index < -0.39 is 0 Å². The van der Waals surface area contributed by atoms with E-state index in [1.807, 2.05) is 0 Å². The molecule has 2 aromatic carbocycles. The summed E-state index contributed by atoms with van der Waals surface area (Å²) in [6, 6.07) is 14.0. The molecule has 0 radical (unpaired) electrons. The molecule has 0 unspecified atom stereocenters. The Morgan fingerprint density at radius 2 is 1.83 bits per heavy atom. The van der Waals surface area contributed by atoms with Crippen LogP contribution in [0.4, 0.5) is 5.88 Å². The highest BCUT2D eigenvalue weighted by molar-refractivity contribution is 6.30. The lowest BCUT2D eigenvalue weighted by Gasteiger charge is -2.29. The van der Waals surface area contributed by atoms with Crippen molar-refractivity contribution in [3.63, 3.8) is 0 Å². The first-order valence-corrected chi connectivity index (χ1v) is 10.2. The van der Waals surface area contributed by atoms with Crippen LogP contribution in [0, 0.1) is 5.92 Å². The van der Waals surface area contributed by atoms with E-state index in [9.17, 15) is 9.59 Å². The molecule has 0 spiro atoms. The summed E-state index contributed by atoms with van der Waals surface area (Å²) in [5.74, 6) is 0.684. The zero-order chi connectivity index (χ0) is 20.4. The van der Waals surface area contributed by atoms with Gasteiger partial charge in [-0.2, -0.15) is 0 Å². The molecule has 0 bridgehead atoms. The van der Waals surface area contributed by atoms with Crippen LogP contribution in [0.2, 0.25) is 5.02 Å². The molecular weight excluding hydrogens is 388 g/mol. The first-order chi connectivity index (χ1) is 14.0. The molecule has 150 valence electrons. The standard InChI is InChI=1S/C23H23ClN2O3/c1-15-10-12-26(13-11-15)14-20(27)25-23-21(16-6-8-17(24)9-7-16)22(28)18-4-2-3-5-19(18)29-23/h2-9,15H,10-14H2,1H3,(H,25,27). The Morgan fingerprint density at radius 1 is 1.14 bits per heavy atom. The van der Waals surface area contributed by atoms with Gasteiger partial charge in [-0.1, -0.05) is 42.8 Å². The number of anilines is 1. The van der Waals surface area contributed by atoms with Gasteiger partial charge in [-0.3, -0.25) is 19.8 Å². The van der Waals surface area contributed by atoms with Crippen molar-refractivity contribution < 1.29 is 9.21 Å². The minimum Gasteiger partial charge on any atom is -0.439 e. The molecule has 0 saturated carbocycles. The number of amides is 1. The maximum Gasteiger partial charge on any atom is 0.240 e. The van der Waals surface area contributed by atoms with E-state index >= 15 is 0 Å². The zero-order valence-corrected chi connectivity index (χ0v) is 17.0. The summed E-state index contributed by atoms with van der Waals surface area (Å²) in [5.41, 5.74) is 1.24. The largest absolute Gasteiger partial charge is 0.439 e. The molecule has 2 heterocycles. The van der Waals surface area contributed by atoms with Crippen LogP contribution in [0.5, 0.6) is 0 Å². The molecule has 5 nitrogen and oxygen atoms in total. The van der Waals surface area contributed by atoms with Crippen molar-refractivity contribution in [2.75, 3.05) is 25.0 Å². The molecule has 1 saturated heterocycles. The molecule has 6 heteroatoms. The molecule has 3 aromatic rings. The lowest BCUT2D eigenvalue weighted by Crippen LogP contribution is -2.38. The average molecular weight is 411 g/mol. The number of carbonyl (C=O) groups is 1. The Labute approximate surface area is 174 Å². The quantitative estimate of drug-likeness (QED) is 0.672. The van der Waals surface area contributed by atoms with Gasteiger partial charge in [0, 0.05) is 5.02 Å². The lowest BCUT2D eigenvalue weighted by atomic mass is 9.99. The number of nitrogens with one attached hydrogen (secondary N) is 1. The number of hydrogen-bond donors (Lipinski definition) is 1. The third-order valence-electron chi connectivity index (χ3n) is 5.43. The van der Waals surface area contributed by atoms with Crippen LogP contribution < -0.4 is 10.7 Å². The average Bonchev–Trinajstić information content (AvgIpc) is 2.71. The highest BCUT2D eigenvalue weighted by Crippen LogP contribution is 2.29. The number of piperidine rings is 1. The van der Waals surface area contributed by atoms with E-state index in [1.165, 1.54) is 0 Å². The van der Waals surface area contributed by atoms with Gasteiger partial charge >= 0.3 is 0 Å². The Morgan fingerprint density at radius 3 is 2.55 bits per heavy atom. The Kier molecular flexibility index (Phi) is 5.69. The van der Waals surface area contributed by atoms with Crippen LogP contribution in [0.15, 0.2) is 57.7 Å². The van der Waals surface area contributed by atoms with Crippen LogP contribution in [0.25, 0.3) is 22.1 Å². The lowest BCUT2D eigenvalue weighted by molar-refractivity contribution is -0.117. The van der Waals surface area contributed by atoms with Crippen molar-refractivity contribution >= 4 is 34.4 Å². The van der Waals surface area contributed by atoms with E-state index in [0.29, 0.717) is 33.0 Å². The SMILES string of the molecule is CC1CCN(CC(=O)Nc2oc3ccccc3c(=O)c2-c2ccc(Cl)cc2)CC1. The van der Waals surface area contributed by atoms with Crippen molar-refractivity contribution in [2.45, 2.75) is 19.8 Å². The van der Waals surface area contributed by atoms with Crippen molar-refractivity contribution in [3.8, 4) is 11.1 Å². The van der Waals surface area contributed by atoms with Gasteiger partial charge in [0.25, 0.3) is 0 Å². The van der Waals surface area contributed by atoms with Crippen LogP contribution >= 0.6 is 11.6 Å². The van der Waals surface area contributed by atoms with Gasteiger partial charge in [0.05, 0.1) is 17.5 Å². The van der Waals surface area contributed by atoms with Crippen molar-refractivity contribution in [3.05, 3.63) is 63.8 Å². The number of nitrogens with zero attached hydrogens (tertiary/aromatic N) is 1. The van der Waals surface area contributed by atoms with Crippen LogP contribution in [-0.2, 0) is 4.79 Å². The minimum atomic E-state index is -0.187. The second kappa shape index (κ2) is 8.39. The Balaban J connectivity index is 1.68. The van der Waals surface area contributed by atoms with Gasteiger partial charge < -0.3 is 4.42 Å². The molecular formula is C23H23ClN2O3. The highest BCUT2D eigenvalue weighted by Gasteiger charge is 2.21. The van der Waals surface area contributed by atoms with Gasteiger partial charge in [-0.15, -0.1) is 0 Å². The van der Waals surface area contributed by atoms with Crippen molar-refractivity contribution in [1.82, 2.24) is 4.90 Å². The maximum atomic E-state index is 13.2. The third kappa shape index (κ3) is 4.36. The maximum absolute atomic E-state index is 13.2. The molecule has 1 amide bonds. The Hall–Kier alpha value is -2.63. The van der Waals surface area contributed by atoms with E-state index in [0.717, 1.165) is 25.9 Å². The zero-order valence-electron chi connectivity index (χ0n) is 16.3. The number of halogens is 1. The van der Waals surface area contributed by atoms with Crippen LogP contribution in [0.1, 0.15) is 19.8 Å². The second-order valence-electron chi connectivity index (χ2n) is 7.65. The number of hydrogen-bond acceptors (Lipinski definition) is 4. The third-order valence-corrected chi connectivity index (χ3v) is 5.68. The van der Waals surface area contributed by atoms with Gasteiger partial charge in [-0.25, -0.2) is 0 Å². The highest BCUT2D eigenvalue weighted by atomic mass is 35.5. The van der Waals surface area contributed by atoms with Gasteiger partial charge in [0.1, 0.15) is 5.58 Å². The summed E-state index contributed by atoms with van der Waals surface area (Å²) in [6.45, 7) is 4.32. The summed E-state index contributed by atoms with van der Waals surface area (Å²) in [4.78, 5) is 28.0. The molecule has 1 N–H and O–H groups in total. The molecule has 0 atom stereocenters. The first-order valence-electron chi connectivity index (χ1n) is 9.85. The minimum absolute atomic E-state index is 0.173. The smallest absolute Gasteiger partial charge is 0.240 e. The molecule has 1 aliphatic rings. The second-order valence-corrected chi connectivity index (χ2v) is 8.08. The first kappa shape index (κ1) is 19.7. The number of carbonyl (C=O) groups excluding carboxylic acids is 1. The molecule has 1 aliphatic heterocycles. The monoisotopic (exact) mass is 410 g/mol. The number of fused-ring (bicyclic) bond motifs is 1. The number of likely N-dealkylation sites (tertiary alicyclic amines) is 1. The van der Waals surface area contributed by atoms with Crippen molar-refractivity contribution in [1.29, 1.82) is 0 Å². The molecule has 0 aliphatic carbocycles. The number of benzene rings is 2. The topological polar surface area (TPSA) is 62.6 Å². The summed E-state index contributed by atoms with van der Waals surface area (Å²) >= 11 is 6.00. The summed E-state index contributed by atoms with van der Waals surface area (Å²) < 4.78 is 5.95. The fourth-order valence-electron chi connectivity index (χ4n) is 3.70. The Bertz CT molecular complexity index is 1080. The van der Waals surface area contributed by atoms with Gasteiger partial charge in [-0.05, 0) is 61.7 Å². The molecule has 1 fully saturated rings. The van der Waals surface area contributed by atoms with Crippen LogP contribution in [-0.4, -0.2) is 30.4 Å². The summed E-state index contributed by atoms with van der Waals surface area (Å²) in [7, 11) is 0. The van der Waals surface area contributed by atoms with E-state index in [2.05, 4.69) is 17.1 Å². The predicted octanol–water partition coefficient (Wildman–Crippen LogP) is 4.78. The van der Waals surface area contributed by atoms with Gasteiger partial charge in [0.15, 0.2) is 0 Å². The predicted molar refractivity (Wildman–Crippen MR) is 116 cm³/mol. The van der Waals surface area contributed by atoms with Crippen molar-refractivity contribution in [2.24, 2.45) is 5.92 Å². The normalized spacial score (nSPS) is 15.5. The van der Waals surface area contributed by atoms with Crippen LogP contribution in [0.3, 0.4) is 0 Å². The number of rotatable bonds is 4.